The van der Waals surface area contributed by atoms with Gasteiger partial charge in [0.1, 0.15) is 0 Å². The highest BCUT2D eigenvalue weighted by molar-refractivity contribution is 9.10. The molecule has 0 aliphatic heterocycles. The van der Waals surface area contributed by atoms with Gasteiger partial charge in [-0.2, -0.15) is 5.10 Å². The summed E-state index contributed by atoms with van der Waals surface area (Å²) in [5, 5.41) is 4.35. The van der Waals surface area contributed by atoms with Crippen LogP contribution in [0.3, 0.4) is 0 Å². The Kier molecular flexibility index (Phi) is 3.13. The molecule has 2 rings (SSSR count). The molecule has 0 unspecified atom stereocenters. The normalized spacial score (nSPS) is 10.6. The highest BCUT2D eigenvalue weighted by atomic mass is 79.9. The molecule has 0 spiro atoms. The van der Waals surface area contributed by atoms with Crippen LogP contribution in [0.5, 0.6) is 0 Å². The average Bonchev–Trinajstić information content (AvgIpc) is 2.56. The Morgan fingerprint density at radius 3 is 2.50 bits per heavy atom. The number of hydrogen-bond donors (Lipinski definition) is 2. The molecule has 1 aromatic heterocycles. The molecule has 0 bridgehead atoms. The summed E-state index contributed by atoms with van der Waals surface area (Å²) in [5.74, 6) is -0.471. The van der Waals surface area contributed by atoms with E-state index in [1.165, 1.54) is 0 Å². The number of nitrogens with two attached hydrogens (primary N) is 2. The van der Waals surface area contributed by atoms with E-state index in [4.69, 9.17) is 11.5 Å². The van der Waals surface area contributed by atoms with Crippen LogP contribution < -0.4 is 11.5 Å². The third-order valence-electron chi connectivity index (χ3n) is 2.81. The molecule has 0 aliphatic carbocycles. The average molecular weight is 309 g/mol. The Bertz CT molecular complexity index is 633. The number of benzene rings is 1. The first kappa shape index (κ1) is 12.6. The van der Waals surface area contributed by atoms with Crippen molar-refractivity contribution in [3.8, 4) is 5.69 Å². The maximum atomic E-state index is 11.1. The molecule has 4 N–H and O–H groups in total. The molecule has 1 amide bonds. The third kappa shape index (κ3) is 1.99. The lowest BCUT2D eigenvalue weighted by atomic mass is 10.2. The van der Waals surface area contributed by atoms with Gasteiger partial charge in [0.15, 0.2) is 0 Å². The van der Waals surface area contributed by atoms with Crippen LogP contribution in [-0.4, -0.2) is 15.7 Å². The molecule has 0 saturated heterocycles. The molecule has 1 aromatic carbocycles. The smallest absolute Gasteiger partial charge is 0.249 e. The molecule has 0 atom stereocenters. The van der Waals surface area contributed by atoms with Gasteiger partial charge in [-0.1, -0.05) is 0 Å². The van der Waals surface area contributed by atoms with E-state index < -0.39 is 5.91 Å². The topological polar surface area (TPSA) is 86.9 Å². The molecular weight excluding hydrogens is 296 g/mol. The van der Waals surface area contributed by atoms with Crippen molar-refractivity contribution in [1.82, 2.24) is 9.78 Å². The fraction of sp³-hybridized carbons (Fsp3) is 0.167. The number of halogens is 1. The first-order valence-electron chi connectivity index (χ1n) is 5.33. The van der Waals surface area contributed by atoms with Crippen molar-refractivity contribution >= 4 is 27.5 Å². The Morgan fingerprint density at radius 2 is 2.06 bits per heavy atom. The first-order valence-corrected chi connectivity index (χ1v) is 6.12. The molecule has 94 valence electrons. The monoisotopic (exact) mass is 308 g/mol. The SMILES string of the molecule is Cc1nn(-c2ccc(C(N)=O)c(Br)c2)c(C)c1N. The van der Waals surface area contributed by atoms with Gasteiger partial charge < -0.3 is 11.5 Å². The molecule has 0 fully saturated rings. The number of anilines is 1. The van der Waals surface area contributed by atoms with Gasteiger partial charge in [-0.3, -0.25) is 4.79 Å². The Balaban J connectivity index is 2.55. The van der Waals surface area contributed by atoms with Gasteiger partial charge >= 0.3 is 0 Å². The van der Waals surface area contributed by atoms with Crippen LogP contribution in [0.25, 0.3) is 5.69 Å². The maximum Gasteiger partial charge on any atom is 0.249 e. The van der Waals surface area contributed by atoms with Crippen molar-refractivity contribution in [2.75, 3.05) is 5.73 Å². The summed E-state index contributed by atoms with van der Waals surface area (Å²) in [6.07, 6.45) is 0. The van der Waals surface area contributed by atoms with Gasteiger partial charge in [0.2, 0.25) is 5.91 Å². The van der Waals surface area contributed by atoms with E-state index in [0.717, 1.165) is 17.1 Å². The van der Waals surface area contributed by atoms with Gasteiger partial charge in [-0.25, -0.2) is 4.68 Å². The quantitative estimate of drug-likeness (QED) is 0.888. The zero-order valence-corrected chi connectivity index (χ0v) is 11.7. The van der Waals surface area contributed by atoms with E-state index in [2.05, 4.69) is 21.0 Å². The van der Waals surface area contributed by atoms with Gasteiger partial charge in [0.25, 0.3) is 0 Å². The van der Waals surface area contributed by atoms with Crippen molar-refractivity contribution in [1.29, 1.82) is 0 Å². The summed E-state index contributed by atoms with van der Waals surface area (Å²) in [7, 11) is 0. The standard InChI is InChI=1S/C12H13BrN4O/c1-6-11(14)7(2)17(16-6)8-3-4-9(12(15)18)10(13)5-8/h3-5H,14H2,1-2H3,(H2,15,18). The van der Waals surface area contributed by atoms with Gasteiger partial charge in [-0.15, -0.1) is 0 Å². The second-order valence-electron chi connectivity index (χ2n) is 4.02. The number of carbonyl (C=O) groups is 1. The molecule has 0 aliphatic rings. The Hall–Kier alpha value is -1.82. The van der Waals surface area contributed by atoms with Gasteiger partial charge in [-0.05, 0) is 48.0 Å². The minimum absolute atomic E-state index is 0.438. The Morgan fingerprint density at radius 1 is 1.39 bits per heavy atom. The Labute approximate surface area is 113 Å². The third-order valence-corrected chi connectivity index (χ3v) is 3.47. The number of amides is 1. The molecule has 1 heterocycles. The van der Waals surface area contributed by atoms with Crippen LogP contribution in [-0.2, 0) is 0 Å². The van der Waals surface area contributed by atoms with Crippen LogP contribution in [0, 0.1) is 13.8 Å². The summed E-state index contributed by atoms with van der Waals surface area (Å²) in [4.78, 5) is 11.1. The first-order chi connectivity index (χ1) is 8.41. The molecule has 0 radical (unpaired) electrons. The molecule has 2 aromatic rings. The van der Waals surface area contributed by atoms with E-state index in [1.54, 1.807) is 22.9 Å². The maximum absolute atomic E-state index is 11.1. The number of primary amides is 1. The molecule has 18 heavy (non-hydrogen) atoms. The van der Waals surface area contributed by atoms with Crippen LogP contribution in [0.4, 0.5) is 5.69 Å². The van der Waals surface area contributed by atoms with Crippen LogP contribution in [0.15, 0.2) is 22.7 Å². The molecule has 5 nitrogen and oxygen atoms in total. The molecular formula is C12H13BrN4O. The fourth-order valence-electron chi connectivity index (χ4n) is 1.74. The number of hydrogen-bond acceptors (Lipinski definition) is 3. The zero-order valence-electron chi connectivity index (χ0n) is 10.1. The van der Waals surface area contributed by atoms with E-state index in [1.807, 2.05) is 13.8 Å². The highest BCUT2D eigenvalue weighted by Crippen LogP contribution is 2.24. The second-order valence-corrected chi connectivity index (χ2v) is 4.88. The summed E-state index contributed by atoms with van der Waals surface area (Å²) in [6, 6.07) is 5.23. The number of nitrogen functional groups attached to an aromatic ring is 1. The highest BCUT2D eigenvalue weighted by Gasteiger charge is 2.12. The van der Waals surface area contributed by atoms with Crippen molar-refractivity contribution in [3.05, 3.63) is 39.6 Å². The summed E-state index contributed by atoms with van der Waals surface area (Å²) < 4.78 is 2.37. The minimum Gasteiger partial charge on any atom is -0.396 e. The van der Waals surface area contributed by atoms with Crippen molar-refractivity contribution in [2.45, 2.75) is 13.8 Å². The number of aromatic nitrogens is 2. The number of nitrogens with zero attached hydrogens (tertiary/aromatic N) is 2. The molecule has 0 saturated carbocycles. The van der Waals surface area contributed by atoms with E-state index in [-0.39, 0.29) is 0 Å². The summed E-state index contributed by atoms with van der Waals surface area (Å²) in [5.41, 5.74) is 14.7. The number of carbonyl (C=O) groups excluding carboxylic acids is 1. The summed E-state index contributed by atoms with van der Waals surface area (Å²) >= 11 is 3.32. The van der Waals surface area contributed by atoms with Crippen LogP contribution >= 0.6 is 15.9 Å². The predicted molar refractivity (Wildman–Crippen MR) is 73.7 cm³/mol. The lowest BCUT2D eigenvalue weighted by molar-refractivity contribution is 0.0999. The minimum atomic E-state index is -0.471. The number of rotatable bonds is 2. The zero-order chi connectivity index (χ0) is 13.4. The number of aryl methyl sites for hydroxylation is 1. The van der Waals surface area contributed by atoms with Crippen LogP contribution in [0.2, 0.25) is 0 Å². The lowest BCUT2D eigenvalue weighted by Gasteiger charge is -2.07. The predicted octanol–water partition coefficient (Wildman–Crippen LogP) is 1.93. The van der Waals surface area contributed by atoms with Gasteiger partial charge in [0, 0.05) is 4.47 Å². The largest absolute Gasteiger partial charge is 0.396 e. The van der Waals surface area contributed by atoms with E-state index in [9.17, 15) is 4.79 Å². The van der Waals surface area contributed by atoms with Gasteiger partial charge in [0.05, 0.1) is 28.3 Å². The molecule has 6 heteroatoms. The second kappa shape index (κ2) is 4.45. The van der Waals surface area contributed by atoms with E-state index >= 15 is 0 Å². The van der Waals surface area contributed by atoms with E-state index in [0.29, 0.717) is 15.7 Å². The van der Waals surface area contributed by atoms with Crippen molar-refractivity contribution < 1.29 is 4.79 Å². The van der Waals surface area contributed by atoms with Crippen molar-refractivity contribution in [2.24, 2.45) is 5.73 Å². The van der Waals surface area contributed by atoms with Crippen molar-refractivity contribution in [3.63, 3.8) is 0 Å². The van der Waals surface area contributed by atoms with Crippen LogP contribution in [0.1, 0.15) is 21.7 Å². The summed E-state index contributed by atoms with van der Waals surface area (Å²) in [6.45, 7) is 3.75. The lowest BCUT2D eigenvalue weighted by Crippen LogP contribution is -2.12. The fourth-order valence-corrected chi connectivity index (χ4v) is 2.30.